The zero-order valence-corrected chi connectivity index (χ0v) is 16.3. The molecule has 1 N–H and O–H groups in total. The molecule has 0 unspecified atom stereocenters. The largest absolute Gasteiger partial charge is 0.454 e. The number of fused-ring (bicyclic) bond motifs is 1. The van der Waals surface area contributed by atoms with Crippen LogP contribution in [0.2, 0.25) is 0 Å². The summed E-state index contributed by atoms with van der Waals surface area (Å²) in [7, 11) is 0. The average molecular weight is 408 g/mol. The lowest BCUT2D eigenvalue weighted by Gasteiger charge is -2.36. The molecule has 0 radical (unpaired) electrons. The van der Waals surface area contributed by atoms with Gasteiger partial charge in [0.1, 0.15) is 17.5 Å². The Kier molecular flexibility index (Phi) is 5.70. The molecule has 8 heteroatoms. The summed E-state index contributed by atoms with van der Waals surface area (Å²) in [5.41, 5.74) is 1.93. The number of nitrogens with zero attached hydrogens (tertiary/aromatic N) is 3. The van der Waals surface area contributed by atoms with Crippen molar-refractivity contribution < 1.29 is 18.7 Å². The van der Waals surface area contributed by atoms with E-state index in [1.165, 1.54) is 18.3 Å². The Morgan fingerprint density at radius 2 is 1.83 bits per heavy atom. The highest BCUT2D eigenvalue weighted by atomic mass is 19.1. The number of amides is 1. The number of ether oxygens (including phenoxy) is 2. The van der Waals surface area contributed by atoms with E-state index < -0.39 is 0 Å². The summed E-state index contributed by atoms with van der Waals surface area (Å²) >= 11 is 0. The number of carbonyl (C=O) groups is 1. The Hall–Kier alpha value is -3.73. The van der Waals surface area contributed by atoms with Gasteiger partial charge in [-0.2, -0.15) is 5.26 Å². The van der Waals surface area contributed by atoms with Crippen LogP contribution in [0.15, 0.2) is 54.2 Å². The van der Waals surface area contributed by atoms with Crippen molar-refractivity contribution in [1.82, 2.24) is 10.2 Å². The Morgan fingerprint density at radius 3 is 2.57 bits per heavy atom. The van der Waals surface area contributed by atoms with Gasteiger partial charge in [0.15, 0.2) is 11.5 Å². The highest BCUT2D eigenvalue weighted by Crippen LogP contribution is 2.32. The second-order valence-corrected chi connectivity index (χ2v) is 6.99. The van der Waals surface area contributed by atoms with Gasteiger partial charge in [-0.05, 0) is 42.0 Å². The maximum absolute atomic E-state index is 13.1. The van der Waals surface area contributed by atoms with Crippen LogP contribution in [0.25, 0.3) is 0 Å². The van der Waals surface area contributed by atoms with E-state index in [2.05, 4.69) is 10.2 Å². The number of rotatable bonds is 5. The number of nitriles is 1. The maximum Gasteiger partial charge on any atom is 0.266 e. The van der Waals surface area contributed by atoms with Crippen molar-refractivity contribution in [3.8, 4) is 17.6 Å². The van der Waals surface area contributed by atoms with Gasteiger partial charge >= 0.3 is 0 Å². The number of hydrogen-bond donors (Lipinski definition) is 1. The summed E-state index contributed by atoms with van der Waals surface area (Å²) in [6, 6.07) is 13.9. The number of piperazine rings is 1. The normalized spacial score (nSPS) is 15.7. The summed E-state index contributed by atoms with van der Waals surface area (Å²) in [6.07, 6.45) is 1.46. The number of carbonyl (C=O) groups excluding carboxylic acids is 1. The van der Waals surface area contributed by atoms with Crippen LogP contribution in [0, 0.1) is 17.1 Å². The molecule has 0 spiro atoms. The molecule has 2 aromatic rings. The van der Waals surface area contributed by atoms with Gasteiger partial charge in [-0.15, -0.1) is 0 Å². The molecule has 4 rings (SSSR count). The van der Waals surface area contributed by atoms with Crippen LogP contribution < -0.4 is 19.7 Å². The van der Waals surface area contributed by atoms with Gasteiger partial charge in [-0.1, -0.05) is 6.07 Å². The summed E-state index contributed by atoms with van der Waals surface area (Å²) in [6.45, 7) is 2.91. The van der Waals surface area contributed by atoms with E-state index >= 15 is 0 Å². The van der Waals surface area contributed by atoms with E-state index in [1.807, 2.05) is 24.3 Å². The lowest BCUT2D eigenvalue weighted by atomic mass is 10.2. The fourth-order valence-corrected chi connectivity index (χ4v) is 3.45. The molecule has 7 nitrogen and oxygen atoms in total. The highest BCUT2D eigenvalue weighted by Gasteiger charge is 2.24. The molecule has 0 aliphatic carbocycles. The Morgan fingerprint density at radius 1 is 1.10 bits per heavy atom. The van der Waals surface area contributed by atoms with Crippen LogP contribution in [-0.4, -0.2) is 43.8 Å². The molecule has 0 bridgehead atoms. The van der Waals surface area contributed by atoms with E-state index in [0.29, 0.717) is 44.2 Å². The van der Waals surface area contributed by atoms with Crippen molar-refractivity contribution in [2.45, 2.75) is 6.54 Å². The molecular formula is C22H21FN4O3. The lowest BCUT2D eigenvalue weighted by Crippen LogP contribution is -2.49. The minimum Gasteiger partial charge on any atom is -0.454 e. The molecule has 2 aliphatic rings. The monoisotopic (exact) mass is 408 g/mol. The highest BCUT2D eigenvalue weighted by molar-refractivity contribution is 5.97. The number of anilines is 1. The van der Waals surface area contributed by atoms with Crippen LogP contribution in [0.3, 0.4) is 0 Å². The van der Waals surface area contributed by atoms with Crippen molar-refractivity contribution in [2.24, 2.45) is 0 Å². The van der Waals surface area contributed by atoms with Gasteiger partial charge in [-0.25, -0.2) is 4.39 Å². The Labute approximate surface area is 173 Å². The number of hydrogen-bond acceptors (Lipinski definition) is 6. The van der Waals surface area contributed by atoms with Gasteiger partial charge in [0.05, 0.1) is 0 Å². The third-order valence-electron chi connectivity index (χ3n) is 5.10. The van der Waals surface area contributed by atoms with Gasteiger partial charge in [0, 0.05) is 44.6 Å². The molecular weight excluding hydrogens is 387 g/mol. The molecule has 1 saturated heterocycles. The minimum absolute atomic E-state index is 0.0611. The minimum atomic E-state index is -0.297. The second kappa shape index (κ2) is 8.74. The summed E-state index contributed by atoms with van der Waals surface area (Å²) in [5.74, 6) is 0.829. The molecule has 2 heterocycles. The zero-order valence-electron chi connectivity index (χ0n) is 16.3. The molecule has 1 amide bonds. The first-order chi connectivity index (χ1) is 14.6. The standard InChI is InChI=1S/C22H21FN4O3/c23-18-2-4-19(5-3-18)26-7-9-27(10-8-26)22(28)17(12-24)14-25-13-16-1-6-20-21(11-16)30-15-29-20/h1-6,11,14,25H,7-10,13,15H2/b17-14-. The van der Waals surface area contributed by atoms with E-state index in [4.69, 9.17) is 9.47 Å². The van der Waals surface area contributed by atoms with Gasteiger partial charge in [0.2, 0.25) is 6.79 Å². The molecule has 0 aromatic heterocycles. The average Bonchev–Trinajstić information content (AvgIpc) is 3.25. The predicted octanol–water partition coefficient (Wildman–Crippen LogP) is 2.40. The van der Waals surface area contributed by atoms with Gasteiger partial charge < -0.3 is 24.6 Å². The van der Waals surface area contributed by atoms with Crippen molar-refractivity contribution in [3.63, 3.8) is 0 Å². The SMILES string of the molecule is N#C/C(=C/NCc1ccc2c(c1)OCO2)C(=O)N1CCN(c2ccc(F)cc2)CC1. The third kappa shape index (κ3) is 4.30. The van der Waals surface area contributed by atoms with Crippen LogP contribution in [-0.2, 0) is 11.3 Å². The van der Waals surface area contributed by atoms with Crippen molar-refractivity contribution in [2.75, 3.05) is 37.9 Å². The van der Waals surface area contributed by atoms with Crippen LogP contribution in [0.1, 0.15) is 5.56 Å². The number of benzene rings is 2. The first-order valence-corrected chi connectivity index (χ1v) is 9.66. The van der Waals surface area contributed by atoms with Crippen molar-refractivity contribution in [3.05, 3.63) is 65.6 Å². The van der Waals surface area contributed by atoms with E-state index in [9.17, 15) is 14.4 Å². The molecule has 154 valence electrons. The number of halogens is 1. The number of nitrogens with one attached hydrogen (secondary N) is 1. The zero-order chi connectivity index (χ0) is 20.9. The maximum atomic E-state index is 13.1. The van der Waals surface area contributed by atoms with E-state index in [-0.39, 0.29) is 24.1 Å². The van der Waals surface area contributed by atoms with E-state index in [0.717, 1.165) is 11.3 Å². The van der Waals surface area contributed by atoms with Gasteiger partial charge in [0.25, 0.3) is 5.91 Å². The van der Waals surface area contributed by atoms with Crippen LogP contribution in [0.5, 0.6) is 11.5 Å². The smallest absolute Gasteiger partial charge is 0.266 e. The molecule has 1 fully saturated rings. The fraction of sp³-hybridized carbons (Fsp3) is 0.273. The topological polar surface area (TPSA) is 77.8 Å². The quantitative estimate of drug-likeness (QED) is 0.605. The summed E-state index contributed by atoms with van der Waals surface area (Å²) < 4.78 is 23.7. The van der Waals surface area contributed by atoms with Crippen molar-refractivity contribution in [1.29, 1.82) is 5.26 Å². The summed E-state index contributed by atoms with van der Waals surface area (Å²) in [5, 5.41) is 12.4. The molecule has 0 saturated carbocycles. The fourth-order valence-electron chi connectivity index (χ4n) is 3.45. The first-order valence-electron chi connectivity index (χ1n) is 9.66. The predicted molar refractivity (Wildman–Crippen MR) is 108 cm³/mol. The summed E-state index contributed by atoms with van der Waals surface area (Å²) in [4.78, 5) is 16.5. The molecule has 30 heavy (non-hydrogen) atoms. The second-order valence-electron chi connectivity index (χ2n) is 6.99. The lowest BCUT2D eigenvalue weighted by molar-refractivity contribution is -0.127. The van der Waals surface area contributed by atoms with Gasteiger partial charge in [-0.3, -0.25) is 4.79 Å². The Bertz CT molecular complexity index is 992. The molecule has 2 aromatic carbocycles. The Balaban J connectivity index is 1.31. The molecule has 2 aliphatic heterocycles. The van der Waals surface area contributed by atoms with Crippen LogP contribution >= 0.6 is 0 Å². The first kappa shape index (κ1) is 19.6. The third-order valence-corrected chi connectivity index (χ3v) is 5.10. The van der Waals surface area contributed by atoms with Crippen LogP contribution in [0.4, 0.5) is 10.1 Å². The van der Waals surface area contributed by atoms with E-state index in [1.54, 1.807) is 17.0 Å². The van der Waals surface area contributed by atoms with Crippen molar-refractivity contribution >= 4 is 11.6 Å². The molecule has 0 atom stereocenters.